The molecule has 1 N–H and O–H groups in total. The molecule has 12 heteroatoms. The number of fused-ring (bicyclic) bond motifs is 1. The summed E-state index contributed by atoms with van der Waals surface area (Å²) in [6.07, 6.45) is -4.03. The third kappa shape index (κ3) is 4.03. The number of nitrogens with zero attached hydrogens (tertiary/aromatic N) is 5. The summed E-state index contributed by atoms with van der Waals surface area (Å²) < 4.78 is 75.4. The maximum atomic E-state index is 14.7. The zero-order valence-corrected chi connectivity index (χ0v) is 18.2. The van der Waals surface area contributed by atoms with Crippen molar-refractivity contribution in [3.05, 3.63) is 65.4 Å². The fourth-order valence-electron chi connectivity index (χ4n) is 4.08. The van der Waals surface area contributed by atoms with E-state index in [0.717, 1.165) is 5.56 Å². The van der Waals surface area contributed by atoms with E-state index in [-0.39, 0.29) is 28.9 Å². The Bertz CT molecular complexity index is 1410. The van der Waals surface area contributed by atoms with Crippen molar-refractivity contribution in [2.24, 2.45) is 7.05 Å². The van der Waals surface area contributed by atoms with Gasteiger partial charge in [-0.3, -0.25) is 0 Å². The molecule has 1 unspecified atom stereocenters. The predicted octanol–water partition coefficient (Wildman–Crippen LogP) is 4.61. The summed E-state index contributed by atoms with van der Waals surface area (Å²) in [5.74, 6) is -5.03. The molecule has 2 aromatic heterocycles. The Morgan fingerprint density at radius 2 is 1.86 bits per heavy atom. The molecule has 1 aliphatic heterocycles. The molecule has 4 aromatic rings. The van der Waals surface area contributed by atoms with Gasteiger partial charge in [0.1, 0.15) is 11.8 Å². The lowest BCUT2D eigenvalue weighted by atomic mass is 10.0. The number of alkyl halides is 3. The number of hydrogen-bond acceptors (Lipinski definition) is 6. The Kier molecular flexibility index (Phi) is 5.55. The highest BCUT2D eigenvalue weighted by Crippen LogP contribution is 2.41. The topological polar surface area (TPSA) is 76.3 Å². The number of benzene rings is 2. The molecular formula is C23H18F5N5O2. The highest BCUT2D eigenvalue weighted by atomic mass is 19.4. The van der Waals surface area contributed by atoms with Gasteiger partial charge < -0.3 is 14.7 Å². The second-order valence-electron chi connectivity index (χ2n) is 8.04. The van der Waals surface area contributed by atoms with Crippen LogP contribution in [-0.4, -0.2) is 44.6 Å². The Morgan fingerprint density at radius 3 is 2.57 bits per heavy atom. The quantitative estimate of drug-likeness (QED) is 0.422. The van der Waals surface area contributed by atoms with E-state index < -0.39 is 34.7 Å². The minimum absolute atomic E-state index is 0.141. The molecule has 182 valence electrons. The zero-order valence-electron chi connectivity index (χ0n) is 18.2. The third-order valence-corrected chi connectivity index (χ3v) is 5.83. The van der Waals surface area contributed by atoms with Crippen LogP contribution in [0, 0.1) is 11.6 Å². The summed E-state index contributed by atoms with van der Waals surface area (Å²) in [5.41, 5.74) is -1.55. The van der Waals surface area contributed by atoms with Crippen molar-refractivity contribution in [1.82, 2.24) is 19.7 Å². The van der Waals surface area contributed by atoms with E-state index >= 15 is 0 Å². The van der Waals surface area contributed by atoms with Crippen LogP contribution in [0.25, 0.3) is 22.3 Å². The number of anilines is 1. The summed E-state index contributed by atoms with van der Waals surface area (Å²) in [7, 11) is 1.49. The number of hydrogen-bond donors (Lipinski definition) is 1. The Hall–Kier alpha value is -3.80. The van der Waals surface area contributed by atoms with E-state index in [1.54, 1.807) is 0 Å². The molecular weight excluding hydrogens is 473 g/mol. The molecule has 7 nitrogen and oxygen atoms in total. The van der Waals surface area contributed by atoms with Gasteiger partial charge in [-0.2, -0.15) is 23.3 Å². The number of aromatic nitrogens is 4. The molecule has 5 rings (SSSR count). The van der Waals surface area contributed by atoms with Gasteiger partial charge in [-0.05, 0) is 11.6 Å². The Morgan fingerprint density at radius 1 is 1.11 bits per heavy atom. The first-order valence-electron chi connectivity index (χ1n) is 10.5. The largest absolute Gasteiger partial charge is 0.503 e. The molecule has 1 atom stereocenters. The van der Waals surface area contributed by atoms with E-state index in [1.165, 1.54) is 17.9 Å². The number of morpholine rings is 1. The Balaban J connectivity index is 1.54. The molecule has 0 spiro atoms. The van der Waals surface area contributed by atoms with Crippen molar-refractivity contribution in [2.45, 2.75) is 12.3 Å². The van der Waals surface area contributed by atoms with Crippen LogP contribution in [0.3, 0.4) is 0 Å². The molecule has 1 fully saturated rings. The minimum atomic E-state index is -5.15. The first-order valence-corrected chi connectivity index (χ1v) is 10.5. The van der Waals surface area contributed by atoms with Gasteiger partial charge in [0, 0.05) is 25.4 Å². The number of aromatic hydroxyl groups is 1. The lowest BCUT2D eigenvalue weighted by Gasteiger charge is -2.33. The van der Waals surface area contributed by atoms with Crippen molar-refractivity contribution in [3.8, 4) is 17.0 Å². The van der Waals surface area contributed by atoms with Crippen LogP contribution in [-0.2, 0) is 18.0 Å². The normalized spacial score (nSPS) is 16.7. The van der Waals surface area contributed by atoms with E-state index in [4.69, 9.17) is 4.74 Å². The van der Waals surface area contributed by atoms with Crippen LogP contribution in [0.4, 0.5) is 27.9 Å². The molecule has 0 amide bonds. The first-order chi connectivity index (χ1) is 16.6. The van der Waals surface area contributed by atoms with Crippen LogP contribution < -0.4 is 4.90 Å². The SMILES string of the molecule is Cn1nc(-c2cc(C(F)(F)F)c(F)c(O)c2F)c2cnc(N3CCOC(c4ccccc4)C3)nc21. The number of aryl methyl sites for hydroxylation is 1. The highest BCUT2D eigenvalue weighted by Gasteiger charge is 2.38. The van der Waals surface area contributed by atoms with E-state index in [0.29, 0.717) is 25.6 Å². The number of halogens is 5. The van der Waals surface area contributed by atoms with Gasteiger partial charge in [0.2, 0.25) is 5.95 Å². The first kappa shape index (κ1) is 23.0. The van der Waals surface area contributed by atoms with Gasteiger partial charge >= 0.3 is 6.18 Å². The summed E-state index contributed by atoms with van der Waals surface area (Å²) in [5, 5.41) is 13.9. The van der Waals surface area contributed by atoms with Crippen molar-refractivity contribution in [3.63, 3.8) is 0 Å². The standard InChI is InChI=1S/C23H18F5N5O2/c1-32-21-14(19(31-32)13-9-15(23(26,27)28)18(25)20(34)17(13)24)10-29-22(30-21)33-7-8-35-16(11-33)12-5-3-2-4-6-12/h2-6,9-10,16,34H,7-8,11H2,1H3. The van der Waals surface area contributed by atoms with Crippen molar-refractivity contribution >= 4 is 17.0 Å². The lowest BCUT2D eigenvalue weighted by Crippen LogP contribution is -2.39. The van der Waals surface area contributed by atoms with Crippen LogP contribution in [0.5, 0.6) is 5.75 Å². The number of phenols is 1. The van der Waals surface area contributed by atoms with E-state index in [9.17, 15) is 27.1 Å². The van der Waals surface area contributed by atoms with E-state index in [1.807, 2.05) is 35.2 Å². The van der Waals surface area contributed by atoms with Gasteiger partial charge in [0.25, 0.3) is 0 Å². The summed E-state index contributed by atoms with van der Waals surface area (Å²) in [6.45, 7) is 1.41. The predicted molar refractivity (Wildman–Crippen MR) is 116 cm³/mol. The molecule has 1 aliphatic rings. The second kappa shape index (κ2) is 8.45. The van der Waals surface area contributed by atoms with Gasteiger partial charge in [-0.25, -0.2) is 18.4 Å². The molecule has 3 heterocycles. The van der Waals surface area contributed by atoms with Crippen molar-refractivity contribution in [2.75, 3.05) is 24.6 Å². The maximum Gasteiger partial charge on any atom is 0.419 e. The molecule has 1 saturated heterocycles. The van der Waals surface area contributed by atoms with E-state index in [2.05, 4.69) is 15.1 Å². The zero-order chi connectivity index (χ0) is 24.9. The monoisotopic (exact) mass is 491 g/mol. The van der Waals surface area contributed by atoms with Crippen LogP contribution >= 0.6 is 0 Å². The van der Waals surface area contributed by atoms with Gasteiger partial charge in [0.15, 0.2) is 23.0 Å². The molecule has 0 saturated carbocycles. The van der Waals surface area contributed by atoms with Crippen LogP contribution in [0.1, 0.15) is 17.2 Å². The Labute approximate surface area is 195 Å². The fraction of sp³-hybridized carbons (Fsp3) is 0.261. The van der Waals surface area contributed by atoms with Crippen molar-refractivity contribution < 1.29 is 31.8 Å². The summed E-state index contributed by atoms with van der Waals surface area (Å²) in [4.78, 5) is 10.7. The molecule has 35 heavy (non-hydrogen) atoms. The van der Waals surface area contributed by atoms with Crippen LogP contribution in [0.15, 0.2) is 42.6 Å². The molecule has 0 bridgehead atoms. The number of rotatable bonds is 3. The van der Waals surface area contributed by atoms with Gasteiger partial charge in [0.05, 0.1) is 24.1 Å². The average molecular weight is 491 g/mol. The highest BCUT2D eigenvalue weighted by molar-refractivity contribution is 5.91. The molecule has 0 radical (unpaired) electrons. The maximum absolute atomic E-state index is 14.7. The van der Waals surface area contributed by atoms with Crippen LogP contribution in [0.2, 0.25) is 0 Å². The second-order valence-corrected chi connectivity index (χ2v) is 8.04. The van der Waals surface area contributed by atoms with Gasteiger partial charge in [-0.15, -0.1) is 0 Å². The molecule has 0 aliphatic carbocycles. The van der Waals surface area contributed by atoms with Crippen molar-refractivity contribution in [1.29, 1.82) is 0 Å². The third-order valence-electron chi connectivity index (χ3n) is 5.83. The minimum Gasteiger partial charge on any atom is -0.503 e. The number of ether oxygens (including phenoxy) is 1. The summed E-state index contributed by atoms with van der Waals surface area (Å²) in [6, 6.07) is 9.91. The molecule has 2 aromatic carbocycles. The lowest BCUT2D eigenvalue weighted by molar-refractivity contribution is -0.140. The number of phenolic OH excluding ortho intramolecular Hbond substituents is 1. The van der Waals surface area contributed by atoms with Gasteiger partial charge in [-0.1, -0.05) is 30.3 Å². The fourth-order valence-corrected chi connectivity index (χ4v) is 4.08. The summed E-state index contributed by atoms with van der Waals surface area (Å²) >= 11 is 0. The average Bonchev–Trinajstić information content (AvgIpc) is 3.18. The smallest absolute Gasteiger partial charge is 0.419 e.